The standard InChI is InChI=1S/C23H23N5O2/c1-2-30-20-11-7-6-10-18(20)16-24-23(29)15-14-22-26-25-21-13-12-19(27-28(21)22)17-8-4-3-5-9-17/h3-13H,2,14-16H2,1H3,(H,24,29). The van der Waals surface area contributed by atoms with Crippen LogP contribution in [0.5, 0.6) is 5.75 Å². The minimum absolute atomic E-state index is 0.0581. The molecular weight excluding hydrogens is 378 g/mol. The number of nitrogens with zero attached hydrogens (tertiary/aromatic N) is 4. The minimum Gasteiger partial charge on any atom is -0.494 e. The summed E-state index contributed by atoms with van der Waals surface area (Å²) in [6.45, 7) is 2.95. The molecule has 0 atom stereocenters. The topological polar surface area (TPSA) is 81.4 Å². The third-order valence-electron chi connectivity index (χ3n) is 4.72. The fourth-order valence-electron chi connectivity index (χ4n) is 3.21. The van der Waals surface area contributed by atoms with Crippen LogP contribution in [0.2, 0.25) is 0 Å². The molecule has 0 spiro atoms. The van der Waals surface area contributed by atoms with Crippen molar-refractivity contribution in [3.8, 4) is 17.0 Å². The summed E-state index contributed by atoms with van der Waals surface area (Å²) in [6.07, 6.45) is 0.750. The molecule has 30 heavy (non-hydrogen) atoms. The highest BCUT2D eigenvalue weighted by molar-refractivity contribution is 5.76. The van der Waals surface area contributed by atoms with Gasteiger partial charge in [-0.1, -0.05) is 48.5 Å². The molecule has 4 aromatic rings. The number of aromatic nitrogens is 4. The highest BCUT2D eigenvalue weighted by atomic mass is 16.5. The van der Waals surface area contributed by atoms with E-state index in [0.29, 0.717) is 37.5 Å². The number of benzene rings is 2. The van der Waals surface area contributed by atoms with Gasteiger partial charge < -0.3 is 10.1 Å². The number of aryl methyl sites for hydroxylation is 1. The smallest absolute Gasteiger partial charge is 0.220 e. The van der Waals surface area contributed by atoms with Crippen LogP contribution in [0.4, 0.5) is 0 Å². The SMILES string of the molecule is CCOc1ccccc1CNC(=O)CCc1nnc2ccc(-c3ccccc3)nn12. The first-order valence-electron chi connectivity index (χ1n) is 9.98. The third-order valence-corrected chi connectivity index (χ3v) is 4.72. The van der Waals surface area contributed by atoms with Crippen LogP contribution in [-0.2, 0) is 17.8 Å². The Labute approximate surface area is 174 Å². The lowest BCUT2D eigenvalue weighted by Crippen LogP contribution is -2.23. The van der Waals surface area contributed by atoms with E-state index in [4.69, 9.17) is 4.74 Å². The number of hydrogen-bond donors (Lipinski definition) is 1. The zero-order chi connectivity index (χ0) is 20.8. The van der Waals surface area contributed by atoms with Crippen LogP contribution in [0.15, 0.2) is 66.7 Å². The van der Waals surface area contributed by atoms with Crippen molar-refractivity contribution in [3.05, 3.63) is 78.1 Å². The lowest BCUT2D eigenvalue weighted by molar-refractivity contribution is -0.121. The summed E-state index contributed by atoms with van der Waals surface area (Å²) >= 11 is 0. The number of carbonyl (C=O) groups excluding carboxylic acids is 1. The van der Waals surface area contributed by atoms with E-state index in [1.807, 2.05) is 73.7 Å². The van der Waals surface area contributed by atoms with E-state index in [2.05, 4.69) is 20.6 Å². The van der Waals surface area contributed by atoms with Gasteiger partial charge in [-0.05, 0) is 25.1 Å². The molecule has 0 fully saturated rings. The van der Waals surface area contributed by atoms with Crippen molar-refractivity contribution in [1.29, 1.82) is 0 Å². The Bertz CT molecular complexity index is 1140. The maximum absolute atomic E-state index is 12.4. The first-order valence-corrected chi connectivity index (χ1v) is 9.98. The Morgan fingerprint density at radius 3 is 2.63 bits per heavy atom. The predicted octanol–water partition coefficient (Wildman–Crippen LogP) is 3.44. The highest BCUT2D eigenvalue weighted by Crippen LogP contribution is 2.18. The van der Waals surface area contributed by atoms with Gasteiger partial charge in [0, 0.05) is 30.5 Å². The fourth-order valence-corrected chi connectivity index (χ4v) is 3.21. The van der Waals surface area contributed by atoms with Gasteiger partial charge in [-0.25, -0.2) is 0 Å². The number of fused-ring (bicyclic) bond motifs is 1. The van der Waals surface area contributed by atoms with Gasteiger partial charge >= 0.3 is 0 Å². The van der Waals surface area contributed by atoms with Crippen molar-refractivity contribution in [2.24, 2.45) is 0 Å². The number of amides is 1. The maximum Gasteiger partial charge on any atom is 0.220 e. The van der Waals surface area contributed by atoms with Crippen molar-refractivity contribution in [2.45, 2.75) is 26.3 Å². The number of carbonyl (C=O) groups is 1. The van der Waals surface area contributed by atoms with Crippen LogP contribution in [0.25, 0.3) is 16.9 Å². The van der Waals surface area contributed by atoms with Crippen molar-refractivity contribution in [1.82, 2.24) is 25.1 Å². The van der Waals surface area contributed by atoms with Gasteiger partial charge in [-0.3, -0.25) is 4.79 Å². The van der Waals surface area contributed by atoms with E-state index >= 15 is 0 Å². The van der Waals surface area contributed by atoms with E-state index < -0.39 is 0 Å². The maximum atomic E-state index is 12.4. The average Bonchev–Trinajstić information content (AvgIpc) is 3.20. The third kappa shape index (κ3) is 4.46. The molecule has 0 aliphatic heterocycles. The zero-order valence-corrected chi connectivity index (χ0v) is 16.8. The first kappa shape index (κ1) is 19.6. The summed E-state index contributed by atoms with van der Waals surface area (Å²) in [6, 6.07) is 21.4. The molecule has 1 amide bonds. The molecule has 0 bridgehead atoms. The van der Waals surface area contributed by atoms with Gasteiger partial charge in [0.1, 0.15) is 5.75 Å². The molecule has 2 aromatic carbocycles. The van der Waals surface area contributed by atoms with Crippen molar-refractivity contribution >= 4 is 11.6 Å². The number of hydrogen-bond acceptors (Lipinski definition) is 5. The predicted molar refractivity (Wildman–Crippen MR) is 114 cm³/mol. The monoisotopic (exact) mass is 401 g/mol. The second-order valence-electron chi connectivity index (χ2n) is 6.79. The Hall–Kier alpha value is -3.74. The number of para-hydroxylation sites is 1. The van der Waals surface area contributed by atoms with E-state index in [9.17, 15) is 4.79 Å². The fraction of sp³-hybridized carbons (Fsp3) is 0.217. The van der Waals surface area contributed by atoms with E-state index in [0.717, 1.165) is 22.6 Å². The number of rotatable bonds is 8. The summed E-state index contributed by atoms with van der Waals surface area (Å²) in [5, 5.41) is 16.0. The quantitative estimate of drug-likeness (QED) is 0.489. The summed E-state index contributed by atoms with van der Waals surface area (Å²) in [7, 11) is 0. The molecule has 0 radical (unpaired) electrons. The Kier molecular flexibility index (Phi) is 5.98. The Balaban J connectivity index is 1.40. The van der Waals surface area contributed by atoms with Gasteiger partial charge in [0.25, 0.3) is 0 Å². The summed E-state index contributed by atoms with van der Waals surface area (Å²) in [5.74, 6) is 1.39. The second kappa shape index (κ2) is 9.17. The first-order chi connectivity index (χ1) is 14.7. The van der Waals surface area contributed by atoms with Gasteiger partial charge in [0.15, 0.2) is 11.5 Å². The lowest BCUT2D eigenvalue weighted by atomic mass is 10.1. The minimum atomic E-state index is -0.0581. The van der Waals surface area contributed by atoms with Crippen molar-refractivity contribution < 1.29 is 9.53 Å². The zero-order valence-electron chi connectivity index (χ0n) is 16.8. The molecular formula is C23H23N5O2. The van der Waals surface area contributed by atoms with E-state index in [1.54, 1.807) is 4.52 Å². The van der Waals surface area contributed by atoms with Gasteiger partial charge in [-0.2, -0.15) is 9.61 Å². The lowest BCUT2D eigenvalue weighted by Gasteiger charge is -2.10. The molecule has 0 unspecified atom stereocenters. The summed E-state index contributed by atoms with van der Waals surface area (Å²) < 4.78 is 7.31. The molecule has 0 saturated carbocycles. The molecule has 4 rings (SSSR count). The van der Waals surface area contributed by atoms with Gasteiger partial charge in [-0.15, -0.1) is 10.2 Å². The molecule has 7 heteroatoms. The largest absolute Gasteiger partial charge is 0.494 e. The average molecular weight is 401 g/mol. The summed E-state index contributed by atoms with van der Waals surface area (Å²) in [5.41, 5.74) is 3.47. The van der Waals surface area contributed by atoms with E-state index in [1.165, 1.54) is 0 Å². The summed E-state index contributed by atoms with van der Waals surface area (Å²) in [4.78, 5) is 12.4. The van der Waals surface area contributed by atoms with Gasteiger partial charge in [0.2, 0.25) is 5.91 Å². The van der Waals surface area contributed by atoms with Crippen LogP contribution in [0.3, 0.4) is 0 Å². The second-order valence-corrected chi connectivity index (χ2v) is 6.79. The highest BCUT2D eigenvalue weighted by Gasteiger charge is 2.11. The normalized spacial score (nSPS) is 10.8. The van der Waals surface area contributed by atoms with Crippen molar-refractivity contribution in [3.63, 3.8) is 0 Å². The molecule has 152 valence electrons. The number of ether oxygens (including phenoxy) is 1. The van der Waals surface area contributed by atoms with Gasteiger partial charge in [0.05, 0.1) is 12.3 Å². The molecule has 7 nitrogen and oxygen atoms in total. The van der Waals surface area contributed by atoms with Crippen LogP contribution in [0, 0.1) is 0 Å². The molecule has 1 N–H and O–H groups in total. The van der Waals surface area contributed by atoms with Crippen LogP contribution in [0.1, 0.15) is 24.7 Å². The molecule has 0 aliphatic rings. The van der Waals surface area contributed by atoms with Crippen LogP contribution in [-0.4, -0.2) is 32.3 Å². The molecule has 0 aliphatic carbocycles. The van der Waals surface area contributed by atoms with Crippen LogP contribution < -0.4 is 10.1 Å². The molecule has 2 heterocycles. The van der Waals surface area contributed by atoms with Crippen molar-refractivity contribution in [2.75, 3.05) is 6.61 Å². The Morgan fingerprint density at radius 1 is 1.00 bits per heavy atom. The van der Waals surface area contributed by atoms with Crippen LogP contribution >= 0.6 is 0 Å². The molecule has 0 saturated heterocycles. The molecule has 2 aromatic heterocycles. The Morgan fingerprint density at radius 2 is 1.80 bits per heavy atom. The number of nitrogens with one attached hydrogen (secondary N) is 1. The van der Waals surface area contributed by atoms with E-state index in [-0.39, 0.29) is 5.91 Å².